The summed E-state index contributed by atoms with van der Waals surface area (Å²) in [5.74, 6) is 0.107. The van der Waals surface area contributed by atoms with E-state index in [2.05, 4.69) is 5.32 Å². The second-order valence-corrected chi connectivity index (χ2v) is 4.85. The van der Waals surface area contributed by atoms with E-state index >= 15 is 0 Å². The Morgan fingerprint density at radius 1 is 1.06 bits per heavy atom. The number of likely N-dealkylation sites (N-methyl/N-ethyl adjacent to an activating group) is 1. The molecule has 1 unspecified atom stereocenters. The molecular weight excluding hydrogens is 204 g/mol. The zero-order valence-corrected chi connectivity index (χ0v) is 11.2. The van der Waals surface area contributed by atoms with Gasteiger partial charge in [0.1, 0.15) is 0 Å². The molecule has 0 fully saturated rings. The lowest BCUT2D eigenvalue weighted by molar-refractivity contribution is -0.135. The maximum atomic E-state index is 11.7. The molecule has 0 heterocycles. The Morgan fingerprint density at radius 2 is 1.56 bits per heavy atom. The fourth-order valence-electron chi connectivity index (χ4n) is 1.21. The Labute approximate surface area is 98.4 Å². The number of carbonyl (C=O) groups is 2. The lowest BCUT2D eigenvalue weighted by Gasteiger charge is -2.27. The molecule has 0 aromatic heterocycles. The monoisotopic (exact) mass is 228 g/mol. The first-order valence-electron chi connectivity index (χ1n) is 5.81. The molecule has 94 valence electrons. The van der Waals surface area contributed by atoms with Gasteiger partial charge in [-0.15, -0.1) is 0 Å². The van der Waals surface area contributed by atoms with Crippen molar-refractivity contribution in [3.63, 3.8) is 0 Å². The number of hydrogen-bond acceptors (Lipinski definition) is 2. The van der Waals surface area contributed by atoms with Gasteiger partial charge in [-0.05, 0) is 6.92 Å². The third-order valence-electron chi connectivity index (χ3n) is 2.60. The van der Waals surface area contributed by atoms with Gasteiger partial charge in [-0.1, -0.05) is 27.7 Å². The van der Waals surface area contributed by atoms with Crippen molar-refractivity contribution >= 4 is 11.8 Å². The van der Waals surface area contributed by atoms with Crippen molar-refractivity contribution in [3.8, 4) is 0 Å². The standard InChI is InChI=1S/C12H24N2O2/c1-8(2)11(15)13-7-10(5)14(6)12(16)9(3)4/h8-10H,7H2,1-6H3,(H,13,15). The number of nitrogens with one attached hydrogen (secondary N) is 1. The molecule has 0 aromatic carbocycles. The lowest BCUT2D eigenvalue weighted by Crippen LogP contribution is -2.45. The van der Waals surface area contributed by atoms with E-state index in [-0.39, 0.29) is 29.7 Å². The van der Waals surface area contributed by atoms with Gasteiger partial charge in [-0.2, -0.15) is 0 Å². The predicted octanol–water partition coefficient (Wildman–Crippen LogP) is 1.26. The molecule has 0 bridgehead atoms. The third kappa shape index (κ3) is 4.64. The van der Waals surface area contributed by atoms with Crippen LogP contribution in [-0.4, -0.2) is 36.3 Å². The Bertz CT molecular complexity index is 249. The molecule has 0 aliphatic heterocycles. The van der Waals surface area contributed by atoms with Crippen LogP contribution in [0.3, 0.4) is 0 Å². The van der Waals surface area contributed by atoms with E-state index in [1.165, 1.54) is 0 Å². The van der Waals surface area contributed by atoms with Crippen LogP contribution >= 0.6 is 0 Å². The smallest absolute Gasteiger partial charge is 0.225 e. The molecule has 0 rings (SSSR count). The van der Waals surface area contributed by atoms with Crippen molar-refractivity contribution in [2.75, 3.05) is 13.6 Å². The maximum absolute atomic E-state index is 11.7. The first-order valence-corrected chi connectivity index (χ1v) is 5.81. The van der Waals surface area contributed by atoms with E-state index in [1.54, 1.807) is 11.9 Å². The summed E-state index contributed by atoms with van der Waals surface area (Å²) in [6, 6.07) is 0.0256. The quantitative estimate of drug-likeness (QED) is 0.770. The molecule has 0 aliphatic carbocycles. The number of hydrogen-bond donors (Lipinski definition) is 1. The molecule has 2 amide bonds. The number of carbonyl (C=O) groups excluding carboxylic acids is 2. The van der Waals surface area contributed by atoms with E-state index in [0.717, 1.165) is 0 Å². The SMILES string of the molecule is CC(C)C(=O)NCC(C)N(C)C(=O)C(C)C. The molecule has 0 aliphatic rings. The van der Waals surface area contributed by atoms with Crippen LogP contribution in [0.15, 0.2) is 0 Å². The Kier molecular flexibility index (Phi) is 6.08. The summed E-state index contributed by atoms with van der Waals surface area (Å²) >= 11 is 0. The van der Waals surface area contributed by atoms with Crippen molar-refractivity contribution in [3.05, 3.63) is 0 Å². The molecule has 0 aromatic rings. The molecule has 0 radical (unpaired) electrons. The summed E-state index contributed by atoms with van der Waals surface area (Å²) in [5, 5.41) is 2.82. The highest BCUT2D eigenvalue weighted by Crippen LogP contribution is 2.03. The third-order valence-corrected chi connectivity index (χ3v) is 2.60. The summed E-state index contributed by atoms with van der Waals surface area (Å²) in [6.07, 6.45) is 0. The summed E-state index contributed by atoms with van der Waals surface area (Å²) in [5.41, 5.74) is 0. The summed E-state index contributed by atoms with van der Waals surface area (Å²) < 4.78 is 0. The fraction of sp³-hybridized carbons (Fsp3) is 0.833. The topological polar surface area (TPSA) is 49.4 Å². The van der Waals surface area contributed by atoms with Crippen LogP contribution in [0.2, 0.25) is 0 Å². The van der Waals surface area contributed by atoms with Gasteiger partial charge in [0.25, 0.3) is 0 Å². The first kappa shape index (κ1) is 14.9. The summed E-state index contributed by atoms with van der Waals surface area (Å²) in [7, 11) is 1.77. The molecule has 1 N–H and O–H groups in total. The molecule has 4 nitrogen and oxygen atoms in total. The van der Waals surface area contributed by atoms with Crippen molar-refractivity contribution < 1.29 is 9.59 Å². The normalized spacial score (nSPS) is 12.8. The number of amides is 2. The first-order chi connectivity index (χ1) is 7.27. The molecule has 1 atom stereocenters. The molecule has 0 spiro atoms. The minimum absolute atomic E-state index is 0.00625. The summed E-state index contributed by atoms with van der Waals surface area (Å²) in [6.45, 7) is 9.88. The van der Waals surface area contributed by atoms with Gasteiger partial charge in [0, 0.05) is 31.5 Å². The second-order valence-electron chi connectivity index (χ2n) is 4.85. The summed E-state index contributed by atoms with van der Waals surface area (Å²) in [4.78, 5) is 24.7. The minimum Gasteiger partial charge on any atom is -0.354 e. The van der Waals surface area contributed by atoms with Gasteiger partial charge < -0.3 is 10.2 Å². The van der Waals surface area contributed by atoms with Crippen LogP contribution in [-0.2, 0) is 9.59 Å². The molecule has 16 heavy (non-hydrogen) atoms. The highest BCUT2D eigenvalue weighted by molar-refractivity contribution is 5.79. The highest BCUT2D eigenvalue weighted by atomic mass is 16.2. The molecule has 0 saturated heterocycles. The van der Waals surface area contributed by atoms with Crippen molar-refractivity contribution in [1.82, 2.24) is 10.2 Å². The highest BCUT2D eigenvalue weighted by Gasteiger charge is 2.19. The van der Waals surface area contributed by atoms with E-state index in [1.807, 2.05) is 34.6 Å². The predicted molar refractivity (Wildman–Crippen MR) is 64.9 cm³/mol. The second kappa shape index (κ2) is 6.51. The maximum Gasteiger partial charge on any atom is 0.225 e. The van der Waals surface area contributed by atoms with E-state index in [4.69, 9.17) is 0 Å². The van der Waals surface area contributed by atoms with E-state index in [0.29, 0.717) is 6.54 Å². The number of nitrogens with zero attached hydrogens (tertiary/aromatic N) is 1. The van der Waals surface area contributed by atoms with Crippen LogP contribution in [0.5, 0.6) is 0 Å². The van der Waals surface area contributed by atoms with Gasteiger partial charge >= 0.3 is 0 Å². The van der Waals surface area contributed by atoms with Crippen LogP contribution in [0.25, 0.3) is 0 Å². The van der Waals surface area contributed by atoms with Crippen LogP contribution in [0.1, 0.15) is 34.6 Å². The Morgan fingerprint density at radius 3 is 1.94 bits per heavy atom. The average molecular weight is 228 g/mol. The van der Waals surface area contributed by atoms with Gasteiger partial charge in [0.2, 0.25) is 11.8 Å². The average Bonchev–Trinajstić information content (AvgIpc) is 2.22. The van der Waals surface area contributed by atoms with Gasteiger partial charge in [-0.25, -0.2) is 0 Å². The van der Waals surface area contributed by atoms with Crippen LogP contribution < -0.4 is 5.32 Å². The van der Waals surface area contributed by atoms with Gasteiger partial charge in [-0.3, -0.25) is 9.59 Å². The van der Waals surface area contributed by atoms with Gasteiger partial charge in [0.15, 0.2) is 0 Å². The van der Waals surface area contributed by atoms with Crippen molar-refractivity contribution in [2.45, 2.75) is 40.7 Å². The largest absolute Gasteiger partial charge is 0.354 e. The number of rotatable bonds is 5. The lowest BCUT2D eigenvalue weighted by atomic mass is 10.1. The zero-order chi connectivity index (χ0) is 12.9. The van der Waals surface area contributed by atoms with Crippen molar-refractivity contribution in [1.29, 1.82) is 0 Å². The van der Waals surface area contributed by atoms with Crippen LogP contribution in [0.4, 0.5) is 0 Å². The molecule has 4 heteroatoms. The minimum atomic E-state index is -0.0155. The van der Waals surface area contributed by atoms with E-state index in [9.17, 15) is 9.59 Å². The fourth-order valence-corrected chi connectivity index (χ4v) is 1.21. The Balaban J connectivity index is 4.11. The molecule has 0 saturated carbocycles. The van der Waals surface area contributed by atoms with Crippen molar-refractivity contribution in [2.24, 2.45) is 11.8 Å². The van der Waals surface area contributed by atoms with E-state index < -0.39 is 0 Å². The van der Waals surface area contributed by atoms with Gasteiger partial charge in [0.05, 0.1) is 0 Å². The molecular formula is C12H24N2O2. The zero-order valence-electron chi connectivity index (χ0n) is 11.2. The van der Waals surface area contributed by atoms with Crippen LogP contribution in [0, 0.1) is 11.8 Å². The Hall–Kier alpha value is -1.06.